The van der Waals surface area contributed by atoms with Gasteiger partial charge in [-0.05, 0) is 24.4 Å². The van der Waals surface area contributed by atoms with Crippen LogP contribution in [0.4, 0.5) is 5.82 Å². The fourth-order valence-electron chi connectivity index (χ4n) is 3.59. The van der Waals surface area contributed by atoms with Gasteiger partial charge in [0.05, 0.1) is 30.8 Å². The maximum Gasteiger partial charge on any atom is 0.226 e. The van der Waals surface area contributed by atoms with E-state index in [4.69, 9.17) is 16.3 Å². The molecule has 2 aliphatic heterocycles. The number of rotatable bonds is 2. The lowest BCUT2D eigenvalue weighted by Gasteiger charge is -2.31. The number of carbonyl (C=O) groups is 1. The number of amides is 1. The molecule has 2 aromatic heterocycles. The highest BCUT2D eigenvalue weighted by molar-refractivity contribution is 6.28. The van der Waals surface area contributed by atoms with Gasteiger partial charge in [0.2, 0.25) is 11.2 Å². The summed E-state index contributed by atoms with van der Waals surface area (Å²) in [6.07, 6.45) is 3.56. The molecule has 2 aromatic rings. The van der Waals surface area contributed by atoms with Crippen molar-refractivity contribution in [2.24, 2.45) is 0 Å². The number of likely N-dealkylation sites (tertiary alicyclic amines) is 1. The van der Waals surface area contributed by atoms with Crippen molar-refractivity contribution in [2.75, 3.05) is 44.3 Å². The first-order valence-corrected chi connectivity index (χ1v) is 9.00. The first kappa shape index (κ1) is 16.5. The van der Waals surface area contributed by atoms with Crippen molar-refractivity contribution >= 4 is 34.4 Å². The van der Waals surface area contributed by atoms with E-state index < -0.39 is 0 Å². The normalized spacial score (nSPS) is 19.6. The topological polar surface area (TPSA) is 76.4 Å². The molecule has 0 atom stereocenters. The third kappa shape index (κ3) is 3.16. The van der Waals surface area contributed by atoms with E-state index in [1.54, 1.807) is 6.92 Å². The van der Waals surface area contributed by atoms with Crippen LogP contribution in [0.25, 0.3) is 11.0 Å². The van der Waals surface area contributed by atoms with Crippen LogP contribution in [0.1, 0.15) is 25.8 Å². The van der Waals surface area contributed by atoms with Crippen LogP contribution < -0.4 is 4.90 Å². The van der Waals surface area contributed by atoms with E-state index in [-0.39, 0.29) is 17.2 Å². The molecule has 0 unspecified atom stereocenters. The van der Waals surface area contributed by atoms with Gasteiger partial charge in [-0.15, -0.1) is 0 Å². The summed E-state index contributed by atoms with van der Waals surface area (Å²) in [4.78, 5) is 24.4. The molecule has 4 heterocycles. The van der Waals surface area contributed by atoms with Gasteiger partial charge in [-0.25, -0.2) is 4.68 Å². The van der Waals surface area contributed by atoms with Gasteiger partial charge in [-0.3, -0.25) is 4.79 Å². The van der Waals surface area contributed by atoms with Crippen LogP contribution in [0.15, 0.2) is 6.20 Å². The second kappa shape index (κ2) is 6.76. The molecule has 134 valence electrons. The molecule has 2 fully saturated rings. The van der Waals surface area contributed by atoms with Crippen LogP contribution in [0.2, 0.25) is 5.28 Å². The standard InChI is InChI=1S/C16H21ClN6O2/c1-11(24)21-4-2-12(3-5-21)23-15-13(10-18-23)14(19-16(17)20-15)22-6-8-25-9-7-22/h10,12H,2-9H2,1H3. The summed E-state index contributed by atoms with van der Waals surface area (Å²) in [6.45, 7) is 6.04. The lowest BCUT2D eigenvalue weighted by molar-refractivity contribution is -0.130. The Bertz CT molecular complexity index is 780. The van der Waals surface area contributed by atoms with Gasteiger partial charge in [0, 0.05) is 33.1 Å². The molecule has 0 N–H and O–H groups in total. The first-order chi connectivity index (χ1) is 12.1. The summed E-state index contributed by atoms with van der Waals surface area (Å²) in [5.41, 5.74) is 0.766. The molecule has 9 heteroatoms. The Labute approximate surface area is 150 Å². The Morgan fingerprint density at radius 1 is 1.20 bits per heavy atom. The molecule has 0 aromatic carbocycles. The first-order valence-electron chi connectivity index (χ1n) is 8.62. The molecule has 1 amide bonds. The largest absolute Gasteiger partial charge is 0.378 e. The minimum Gasteiger partial charge on any atom is -0.378 e. The average molecular weight is 365 g/mol. The smallest absolute Gasteiger partial charge is 0.226 e. The quantitative estimate of drug-likeness (QED) is 0.752. The van der Waals surface area contributed by atoms with Crippen LogP contribution >= 0.6 is 11.6 Å². The predicted molar refractivity (Wildman–Crippen MR) is 93.9 cm³/mol. The second-order valence-electron chi connectivity index (χ2n) is 6.48. The van der Waals surface area contributed by atoms with Crippen LogP contribution in [0.5, 0.6) is 0 Å². The summed E-state index contributed by atoms with van der Waals surface area (Å²) in [5.74, 6) is 0.953. The van der Waals surface area contributed by atoms with Gasteiger partial charge >= 0.3 is 0 Å². The molecule has 0 bridgehead atoms. The van der Waals surface area contributed by atoms with Crippen LogP contribution in [0, 0.1) is 0 Å². The second-order valence-corrected chi connectivity index (χ2v) is 6.82. The average Bonchev–Trinajstić information content (AvgIpc) is 3.05. The predicted octanol–water partition coefficient (Wildman–Crippen LogP) is 1.50. The van der Waals surface area contributed by atoms with E-state index in [1.165, 1.54) is 0 Å². The van der Waals surface area contributed by atoms with Crippen molar-refractivity contribution in [3.8, 4) is 0 Å². The number of aromatic nitrogens is 4. The SMILES string of the molecule is CC(=O)N1CCC(n2ncc3c(N4CCOCC4)nc(Cl)nc32)CC1. The van der Waals surface area contributed by atoms with E-state index in [9.17, 15) is 4.79 Å². The number of anilines is 1. The Kier molecular flexibility index (Phi) is 4.47. The molecule has 4 rings (SSSR count). The Morgan fingerprint density at radius 3 is 2.60 bits per heavy atom. The third-order valence-corrected chi connectivity index (χ3v) is 5.14. The molecule has 25 heavy (non-hydrogen) atoms. The van der Waals surface area contributed by atoms with Crippen LogP contribution in [-0.4, -0.2) is 69.9 Å². The van der Waals surface area contributed by atoms with Crippen molar-refractivity contribution in [2.45, 2.75) is 25.8 Å². The molecule has 2 saturated heterocycles. The van der Waals surface area contributed by atoms with Gasteiger partial charge in [-0.1, -0.05) is 0 Å². The third-order valence-electron chi connectivity index (χ3n) is 4.97. The highest BCUT2D eigenvalue weighted by atomic mass is 35.5. The summed E-state index contributed by atoms with van der Waals surface area (Å²) < 4.78 is 7.37. The Hall–Kier alpha value is -1.93. The van der Waals surface area contributed by atoms with Crippen LogP contribution in [-0.2, 0) is 9.53 Å². The van der Waals surface area contributed by atoms with E-state index in [0.29, 0.717) is 13.2 Å². The van der Waals surface area contributed by atoms with Crippen molar-refractivity contribution in [3.63, 3.8) is 0 Å². The van der Waals surface area contributed by atoms with E-state index >= 15 is 0 Å². The molecular formula is C16H21ClN6O2. The van der Waals surface area contributed by atoms with Gasteiger partial charge < -0.3 is 14.5 Å². The number of hydrogen-bond acceptors (Lipinski definition) is 6. The van der Waals surface area contributed by atoms with Gasteiger partial charge in [-0.2, -0.15) is 15.1 Å². The molecule has 8 nitrogen and oxygen atoms in total. The van der Waals surface area contributed by atoms with Crippen LogP contribution in [0.3, 0.4) is 0 Å². The number of ether oxygens (including phenoxy) is 1. The molecular weight excluding hydrogens is 344 g/mol. The fraction of sp³-hybridized carbons (Fsp3) is 0.625. The molecule has 0 saturated carbocycles. The number of nitrogens with zero attached hydrogens (tertiary/aromatic N) is 6. The zero-order valence-corrected chi connectivity index (χ0v) is 14.9. The lowest BCUT2D eigenvalue weighted by Crippen LogP contribution is -2.38. The summed E-state index contributed by atoms with van der Waals surface area (Å²) >= 11 is 6.20. The van der Waals surface area contributed by atoms with Gasteiger partial charge in [0.15, 0.2) is 5.65 Å². The maximum absolute atomic E-state index is 11.5. The van der Waals surface area contributed by atoms with Gasteiger partial charge in [0.1, 0.15) is 5.82 Å². The zero-order valence-electron chi connectivity index (χ0n) is 14.2. The molecule has 0 spiro atoms. The number of halogens is 1. The Morgan fingerprint density at radius 2 is 1.92 bits per heavy atom. The fourth-order valence-corrected chi connectivity index (χ4v) is 3.75. The van der Waals surface area contributed by atoms with E-state index in [2.05, 4.69) is 20.0 Å². The van der Waals surface area contributed by atoms with Crippen molar-refractivity contribution < 1.29 is 9.53 Å². The number of piperidine rings is 1. The number of morpholine rings is 1. The summed E-state index contributed by atoms with van der Waals surface area (Å²) in [6, 6.07) is 0.219. The molecule has 0 aliphatic carbocycles. The number of carbonyl (C=O) groups excluding carboxylic acids is 1. The summed E-state index contributed by atoms with van der Waals surface area (Å²) in [7, 11) is 0. The highest BCUT2D eigenvalue weighted by Crippen LogP contribution is 2.30. The minimum absolute atomic E-state index is 0.128. The van der Waals surface area contributed by atoms with Crippen molar-refractivity contribution in [3.05, 3.63) is 11.5 Å². The maximum atomic E-state index is 11.5. The van der Waals surface area contributed by atoms with Gasteiger partial charge in [0.25, 0.3) is 0 Å². The highest BCUT2D eigenvalue weighted by Gasteiger charge is 2.26. The minimum atomic E-state index is 0.128. The summed E-state index contributed by atoms with van der Waals surface area (Å²) in [5, 5.41) is 5.73. The zero-order chi connectivity index (χ0) is 17.4. The van der Waals surface area contributed by atoms with Crippen molar-refractivity contribution in [1.82, 2.24) is 24.6 Å². The molecule has 2 aliphatic rings. The Balaban J connectivity index is 1.65. The number of fused-ring (bicyclic) bond motifs is 1. The van der Waals surface area contributed by atoms with E-state index in [1.807, 2.05) is 15.8 Å². The monoisotopic (exact) mass is 364 g/mol. The van der Waals surface area contributed by atoms with Crippen molar-refractivity contribution in [1.29, 1.82) is 0 Å². The molecule has 0 radical (unpaired) electrons. The lowest BCUT2D eigenvalue weighted by atomic mass is 10.1. The number of hydrogen-bond donors (Lipinski definition) is 0. The van der Waals surface area contributed by atoms with E-state index in [0.717, 1.165) is 55.9 Å².